The Morgan fingerprint density at radius 1 is 1.21 bits per heavy atom. The lowest BCUT2D eigenvalue weighted by molar-refractivity contribution is -0.125. The van der Waals surface area contributed by atoms with Crippen LogP contribution in [-0.2, 0) is 4.79 Å². The highest BCUT2D eigenvalue weighted by molar-refractivity contribution is 5.80. The second-order valence-corrected chi connectivity index (χ2v) is 6.72. The molecule has 5 heteroatoms. The van der Waals surface area contributed by atoms with Crippen molar-refractivity contribution in [2.24, 2.45) is 5.92 Å². The maximum Gasteiger partial charge on any atom is 0.225 e. The summed E-state index contributed by atoms with van der Waals surface area (Å²) >= 11 is 0. The number of carbonyl (C=O) groups is 1. The molecule has 24 heavy (non-hydrogen) atoms. The van der Waals surface area contributed by atoms with E-state index >= 15 is 0 Å². The molecule has 2 fully saturated rings. The van der Waals surface area contributed by atoms with Gasteiger partial charge in [-0.25, -0.2) is 4.98 Å². The largest absolute Gasteiger partial charge is 0.355 e. The summed E-state index contributed by atoms with van der Waals surface area (Å²) in [6.07, 6.45) is 8.16. The van der Waals surface area contributed by atoms with E-state index in [4.69, 9.17) is 0 Å². The third-order valence-electron chi connectivity index (χ3n) is 5.01. The van der Waals surface area contributed by atoms with Crippen LogP contribution in [0.25, 0.3) is 0 Å². The Bertz CT molecular complexity index is 691. The molecule has 4 rings (SSSR count). The van der Waals surface area contributed by atoms with E-state index in [1.165, 1.54) is 5.56 Å². The standard InChI is InChI=1S/C19H22N4O/c24-19(22-17-11-16(17)14-5-2-1-3-6-14)15-7-4-10-23(13-15)18-12-20-8-9-21-18/h1-3,5-6,8-9,12,15-17H,4,7,10-11,13H2,(H,22,24)/t15-,16+,17+/m0/s1. The number of rotatable bonds is 4. The number of carbonyl (C=O) groups excluding carboxylic acids is 1. The first-order valence-electron chi connectivity index (χ1n) is 8.67. The van der Waals surface area contributed by atoms with E-state index in [1.807, 2.05) is 6.07 Å². The lowest BCUT2D eigenvalue weighted by Crippen LogP contribution is -2.44. The zero-order valence-electron chi connectivity index (χ0n) is 13.6. The normalized spacial score (nSPS) is 26.0. The first-order chi connectivity index (χ1) is 11.8. The molecular formula is C19H22N4O. The van der Waals surface area contributed by atoms with Crippen LogP contribution >= 0.6 is 0 Å². The predicted molar refractivity (Wildman–Crippen MR) is 92.7 cm³/mol. The Morgan fingerprint density at radius 2 is 2.08 bits per heavy atom. The smallest absolute Gasteiger partial charge is 0.225 e. The quantitative estimate of drug-likeness (QED) is 0.939. The van der Waals surface area contributed by atoms with Crippen LogP contribution in [0.3, 0.4) is 0 Å². The molecule has 1 aliphatic carbocycles. The number of nitrogens with one attached hydrogen (secondary N) is 1. The Hall–Kier alpha value is -2.43. The number of anilines is 1. The number of nitrogens with zero attached hydrogens (tertiary/aromatic N) is 3. The SMILES string of the molecule is O=C(N[C@@H]1C[C@@H]1c1ccccc1)[C@H]1CCCN(c2cnccn2)C1. The third kappa shape index (κ3) is 3.25. The van der Waals surface area contributed by atoms with Crippen molar-refractivity contribution in [3.63, 3.8) is 0 Å². The summed E-state index contributed by atoms with van der Waals surface area (Å²) in [6, 6.07) is 10.7. The van der Waals surface area contributed by atoms with Gasteiger partial charge in [0, 0.05) is 37.4 Å². The molecule has 2 aromatic rings. The molecule has 1 N–H and O–H groups in total. The lowest BCUT2D eigenvalue weighted by Gasteiger charge is -2.32. The van der Waals surface area contributed by atoms with Gasteiger partial charge in [0.1, 0.15) is 5.82 Å². The zero-order chi connectivity index (χ0) is 16.4. The van der Waals surface area contributed by atoms with Gasteiger partial charge < -0.3 is 10.2 Å². The van der Waals surface area contributed by atoms with E-state index in [-0.39, 0.29) is 11.8 Å². The molecule has 0 bridgehead atoms. The van der Waals surface area contributed by atoms with E-state index in [0.717, 1.165) is 38.2 Å². The number of amides is 1. The summed E-state index contributed by atoms with van der Waals surface area (Å²) in [6.45, 7) is 1.67. The van der Waals surface area contributed by atoms with Crippen LogP contribution in [0.4, 0.5) is 5.82 Å². The fourth-order valence-corrected chi connectivity index (χ4v) is 3.58. The van der Waals surface area contributed by atoms with Crippen LogP contribution in [0.2, 0.25) is 0 Å². The molecule has 0 spiro atoms. The Balaban J connectivity index is 1.34. The second-order valence-electron chi connectivity index (χ2n) is 6.72. The predicted octanol–water partition coefficient (Wildman–Crippen LogP) is 2.37. The summed E-state index contributed by atoms with van der Waals surface area (Å²) in [5, 5.41) is 3.24. The molecule has 2 heterocycles. The number of hydrogen-bond donors (Lipinski definition) is 1. The van der Waals surface area contributed by atoms with Gasteiger partial charge in [-0.05, 0) is 24.8 Å². The molecule has 1 amide bonds. The fraction of sp³-hybridized carbons (Fsp3) is 0.421. The minimum Gasteiger partial charge on any atom is -0.355 e. The molecule has 5 nitrogen and oxygen atoms in total. The van der Waals surface area contributed by atoms with Crippen molar-refractivity contribution in [2.75, 3.05) is 18.0 Å². The summed E-state index contributed by atoms with van der Waals surface area (Å²) < 4.78 is 0. The van der Waals surface area contributed by atoms with Crippen molar-refractivity contribution in [3.8, 4) is 0 Å². The van der Waals surface area contributed by atoms with Crippen molar-refractivity contribution in [3.05, 3.63) is 54.5 Å². The molecule has 1 aromatic carbocycles. The minimum atomic E-state index is 0.0396. The average Bonchev–Trinajstić information content (AvgIpc) is 3.42. The van der Waals surface area contributed by atoms with E-state index in [0.29, 0.717) is 12.0 Å². The molecule has 1 aliphatic heterocycles. The molecule has 1 aromatic heterocycles. The molecule has 1 saturated carbocycles. The van der Waals surface area contributed by atoms with Gasteiger partial charge in [-0.2, -0.15) is 0 Å². The Morgan fingerprint density at radius 3 is 2.88 bits per heavy atom. The highest BCUT2D eigenvalue weighted by Gasteiger charge is 2.40. The van der Waals surface area contributed by atoms with Crippen molar-refractivity contribution < 1.29 is 4.79 Å². The summed E-state index contributed by atoms with van der Waals surface area (Å²) in [7, 11) is 0. The van der Waals surface area contributed by atoms with Gasteiger partial charge in [0.25, 0.3) is 0 Å². The molecular weight excluding hydrogens is 300 g/mol. The van der Waals surface area contributed by atoms with Gasteiger partial charge >= 0.3 is 0 Å². The molecule has 3 atom stereocenters. The number of aromatic nitrogens is 2. The highest BCUT2D eigenvalue weighted by atomic mass is 16.2. The topological polar surface area (TPSA) is 58.1 Å². The van der Waals surface area contributed by atoms with Crippen LogP contribution in [0.15, 0.2) is 48.9 Å². The van der Waals surface area contributed by atoms with E-state index in [2.05, 4.69) is 44.5 Å². The van der Waals surface area contributed by atoms with Gasteiger partial charge in [-0.15, -0.1) is 0 Å². The zero-order valence-corrected chi connectivity index (χ0v) is 13.6. The summed E-state index contributed by atoms with van der Waals surface area (Å²) in [5.41, 5.74) is 1.33. The van der Waals surface area contributed by atoms with Crippen LogP contribution in [-0.4, -0.2) is 35.0 Å². The van der Waals surface area contributed by atoms with Crippen LogP contribution in [0, 0.1) is 5.92 Å². The molecule has 0 unspecified atom stereocenters. The van der Waals surface area contributed by atoms with Crippen molar-refractivity contribution in [1.29, 1.82) is 0 Å². The van der Waals surface area contributed by atoms with Crippen molar-refractivity contribution >= 4 is 11.7 Å². The number of hydrogen-bond acceptors (Lipinski definition) is 4. The van der Waals surface area contributed by atoms with Gasteiger partial charge in [0.05, 0.1) is 12.1 Å². The maximum absolute atomic E-state index is 12.6. The third-order valence-corrected chi connectivity index (χ3v) is 5.01. The van der Waals surface area contributed by atoms with E-state index in [1.54, 1.807) is 18.6 Å². The first kappa shape index (κ1) is 15.1. The van der Waals surface area contributed by atoms with Gasteiger partial charge in [-0.1, -0.05) is 30.3 Å². The lowest BCUT2D eigenvalue weighted by atomic mass is 9.97. The maximum atomic E-state index is 12.6. The van der Waals surface area contributed by atoms with Crippen molar-refractivity contribution in [1.82, 2.24) is 15.3 Å². The Kier molecular flexibility index (Phi) is 4.15. The molecule has 2 aliphatic rings. The summed E-state index contributed by atoms with van der Waals surface area (Å²) in [4.78, 5) is 23.3. The fourth-order valence-electron chi connectivity index (χ4n) is 3.58. The average molecular weight is 322 g/mol. The summed E-state index contributed by atoms with van der Waals surface area (Å²) in [5.74, 6) is 1.57. The minimum absolute atomic E-state index is 0.0396. The monoisotopic (exact) mass is 322 g/mol. The van der Waals surface area contributed by atoms with E-state index in [9.17, 15) is 4.79 Å². The first-order valence-corrected chi connectivity index (χ1v) is 8.67. The molecule has 1 saturated heterocycles. The number of benzene rings is 1. The van der Waals surface area contributed by atoms with Crippen LogP contribution in [0.5, 0.6) is 0 Å². The van der Waals surface area contributed by atoms with Crippen molar-refractivity contribution in [2.45, 2.75) is 31.2 Å². The van der Waals surface area contributed by atoms with E-state index < -0.39 is 0 Å². The highest BCUT2D eigenvalue weighted by Crippen LogP contribution is 2.40. The number of piperidine rings is 1. The molecule has 0 radical (unpaired) electrons. The van der Waals surface area contributed by atoms with Gasteiger partial charge in [0.15, 0.2) is 0 Å². The second kappa shape index (κ2) is 6.59. The Labute approximate surface area is 142 Å². The van der Waals surface area contributed by atoms with Gasteiger partial charge in [-0.3, -0.25) is 9.78 Å². The van der Waals surface area contributed by atoms with Gasteiger partial charge in [0.2, 0.25) is 5.91 Å². The van der Waals surface area contributed by atoms with Crippen LogP contribution in [0.1, 0.15) is 30.7 Å². The van der Waals surface area contributed by atoms with Crippen LogP contribution < -0.4 is 10.2 Å². The molecule has 124 valence electrons.